The first kappa shape index (κ1) is 22.1. The standard InChI is InChI=1S/C27H30N6O/c1-18-6-10-22(11-7-18)27(34)32-15-5-14-31(16-17-32)25-24-20(3)30-33(26(24)29-21(4)28-25)23-12-8-19(2)9-13-23/h6-13H,5,14-17H2,1-4H3. The smallest absolute Gasteiger partial charge is 0.253 e. The average Bonchev–Trinajstić information content (AvgIpc) is 2.99. The van der Waals surface area contributed by atoms with Crippen LogP contribution in [0.2, 0.25) is 0 Å². The van der Waals surface area contributed by atoms with Gasteiger partial charge in [-0.05, 0) is 58.4 Å². The lowest BCUT2D eigenvalue weighted by atomic mass is 10.1. The maximum Gasteiger partial charge on any atom is 0.253 e. The molecule has 2 aromatic carbocycles. The molecule has 0 spiro atoms. The minimum atomic E-state index is 0.0919. The second-order valence-electron chi connectivity index (χ2n) is 9.12. The number of carbonyl (C=O) groups is 1. The Bertz CT molecular complexity index is 1340. The van der Waals surface area contributed by atoms with Gasteiger partial charge in [0.05, 0.1) is 16.8 Å². The fourth-order valence-corrected chi connectivity index (χ4v) is 4.57. The molecule has 0 saturated carbocycles. The Morgan fingerprint density at radius 1 is 0.794 bits per heavy atom. The number of rotatable bonds is 3. The number of aryl methyl sites for hydroxylation is 4. The molecule has 0 N–H and O–H groups in total. The van der Waals surface area contributed by atoms with Gasteiger partial charge in [-0.3, -0.25) is 4.79 Å². The molecule has 1 saturated heterocycles. The summed E-state index contributed by atoms with van der Waals surface area (Å²) in [4.78, 5) is 26.9. The van der Waals surface area contributed by atoms with Crippen LogP contribution < -0.4 is 4.90 Å². The van der Waals surface area contributed by atoms with Gasteiger partial charge in [0.25, 0.3) is 5.91 Å². The van der Waals surface area contributed by atoms with E-state index in [0.29, 0.717) is 12.4 Å². The maximum absolute atomic E-state index is 13.1. The van der Waals surface area contributed by atoms with Crippen molar-refractivity contribution in [3.05, 3.63) is 76.7 Å². The van der Waals surface area contributed by atoms with Gasteiger partial charge in [-0.2, -0.15) is 5.10 Å². The van der Waals surface area contributed by atoms with Gasteiger partial charge in [0.1, 0.15) is 11.6 Å². The third-order valence-electron chi connectivity index (χ3n) is 6.45. The molecule has 1 fully saturated rings. The molecule has 3 heterocycles. The van der Waals surface area contributed by atoms with Crippen LogP contribution in [0.4, 0.5) is 5.82 Å². The summed E-state index contributed by atoms with van der Waals surface area (Å²) in [6, 6.07) is 16.1. The van der Waals surface area contributed by atoms with Crippen LogP contribution in [0.25, 0.3) is 16.7 Å². The first-order chi connectivity index (χ1) is 16.4. The molecule has 1 aliphatic heterocycles. The van der Waals surface area contributed by atoms with Crippen molar-refractivity contribution < 1.29 is 4.79 Å². The number of anilines is 1. The number of benzene rings is 2. The van der Waals surface area contributed by atoms with E-state index in [0.717, 1.165) is 65.4 Å². The Labute approximate surface area is 200 Å². The fourth-order valence-electron chi connectivity index (χ4n) is 4.57. The zero-order chi connectivity index (χ0) is 23.8. The summed E-state index contributed by atoms with van der Waals surface area (Å²) in [6.07, 6.45) is 0.882. The van der Waals surface area contributed by atoms with Gasteiger partial charge in [0.15, 0.2) is 5.65 Å². The van der Waals surface area contributed by atoms with E-state index in [9.17, 15) is 4.79 Å². The van der Waals surface area contributed by atoms with Crippen LogP contribution in [0.3, 0.4) is 0 Å². The van der Waals surface area contributed by atoms with E-state index < -0.39 is 0 Å². The van der Waals surface area contributed by atoms with Crippen molar-refractivity contribution in [2.75, 3.05) is 31.1 Å². The molecular weight excluding hydrogens is 424 g/mol. The van der Waals surface area contributed by atoms with Crippen LogP contribution in [0.1, 0.15) is 39.4 Å². The molecule has 0 bridgehead atoms. The maximum atomic E-state index is 13.1. The molecule has 0 aliphatic carbocycles. The average molecular weight is 455 g/mol. The highest BCUT2D eigenvalue weighted by molar-refractivity contribution is 5.94. The molecule has 1 aliphatic rings. The zero-order valence-electron chi connectivity index (χ0n) is 20.2. The number of aromatic nitrogens is 4. The van der Waals surface area contributed by atoms with Gasteiger partial charge in [-0.25, -0.2) is 14.6 Å². The molecule has 0 radical (unpaired) electrons. The first-order valence-corrected chi connectivity index (χ1v) is 11.8. The van der Waals surface area contributed by atoms with Gasteiger partial charge < -0.3 is 9.80 Å². The molecule has 7 heteroatoms. The molecule has 1 amide bonds. The summed E-state index contributed by atoms with van der Waals surface area (Å²) in [7, 11) is 0. The summed E-state index contributed by atoms with van der Waals surface area (Å²) in [6.45, 7) is 11.0. The quantitative estimate of drug-likeness (QED) is 0.459. The van der Waals surface area contributed by atoms with Crippen molar-refractivity contribution in [2.45, 2.75) is 34.1 Å². The van der Waals surface area contributed by atoms with E-state index >= 15 is 0 Å². The van der Waals surface area contributed by atoms with Crippen LogP contribution in [-0.4, -0.2) is 56.7 Å². The highest BCUT2D eigenvalue weighted by Gasteiger charge is 2.25. The van der Waals surface area contributed by atoms with Gasteiger partial charge in [-0.1, -0.05) is 35.4 Å². The number of carbonyl (C=O) groups excluding carboxylic acids is 1. The first-order valence-electron chi connectivity index (χ1n) is 11.8. The summed E-state index contributed by atoms with van der Waals surface area (Å²) in [5.41, 5.74) is 5.82. The number of amides is 1. The van der Waals surface area contributed by atoms with E-state index in [1.54, 1.807) is 0 Å². The number of hydrogen-bond acceptors (Lipinski definition) is 5. The van der Waals surface area contributed by atoms with E-state index in [4.69, 9.17) is 15.1 Å². The van der Waals surface area contributed by atoms with Crippen molar-refractivity contribution in [1.82, 2.24) is 24.6 Å². The Kier molecular flexibility index (Phi) is 5.77. The van der Waals surface area contributed by atoms with Crippen LogP contribution in [0.15, 0.2) is 48.5 Å². The predicted octanol–water partition coefficient (Wildman–Crippen LogP) is 4.40. The topological polar surface area (TPSA) is 67.2 Å². The minimum absolute atomic E-state index is 0.0919. The van der Waals surface area contributed by atoms with Crippen molar-refractivity contribution in [2.24, 2.45) is 0 Å². The molecule has 5 rings (SSSR count). The van der Waals surface area contributed by atoms with Crippen LogP contribution >= 0.6 is 0 Å². The Hall–Kier alpha value is -3.74. The van der Waals surface area contributed by atoms with Gasteiger partial charge in [-0.15, -0.1) is 0 Å². The summed E-state index contributed by atoms with van der Waals surface area (Å²) in [5.74, 6) is 1.71. The lowest BCUT2D eigenvalue weighted by Crippen LogP contribution is -2.35. The van der Waals surface area contributed by atoms with E-state index in [-0.39, 0.29) is 5.91 Å². The molecule has 174 valence electrons. The Balaban J connectivity index is 1.45. The predicted molar refractivity (Wildman–Crippen MR) is 135 cm³/mol. The van der Waals surface area contributed by atoms with Crippen LogP contribution in [0.5, 0.6) is 0 Å². The second kappa shape index (κ2) is 8.89. The number of hydrogen-bond donors (Lipinski definition) is 0. The molecule has 0 atom stereocenters. The van der Waals surface area contributed by atoms with E-state index in [2.05, 4.69) is 36.1 Å². The Morgan fingerprint density at radius 3 is 2.18 bits per heavy atom. The van der Waals surface area contributed by atoms with Crippen molar-refractivity contribution in [1.29, 1.82) is 0 Å². The fraction of sp³-hybridized carbons (Fsp3) is 0.333. The lowest BCUT2D eigenvalue weighted by molar-refractivity contribution is 0.0767. The van der Waals surface area contributed by atoms with Gasteiger partial charge in [0, 0.05) is 31.7 Å². The van der Waals surface area contributed by atoms with Gasteiger partial charge >= 0.3 is 0 Å². The third kappa shape index (κ3) is 4.14. The summed E-state index contributed by atoms with van der Waals surface area (Å²) >= 11 is 0. The molecule has 7 nitrogen and oxygen atoms in total. The third-order valence-corrected chi connectivity index (χ3v) is 6.45. The Morgan fingerprint density at radius 2 is 1.47 bits per heavy atom. The molecular formula is C27H30N6O. The number of fused-ring (bicyclic) bond motifs is 1. The molecule has 2 aromatic heterocycles. The number of nitrogens with zero attached hydrogens (tertiary/aromatic N) is 6. The SMILES string of the molecule is Cc1ccc(C(=O)N2CCCN(c3nc(C)nc4c3c(C)nn4-c3ccc(C)cc3)CC2)cc1. The summed E-state index contributed by atoms with van der Waals surface area (Å²) < 4.78 is 1.91. The molecule has 34 heavy (non-hydrogen) atoms. The zero-order valence-corrected chi connectivity index (χ0v) is 20.2. The monoisotopic (exact) mass is 454 g/mol. The van der Waals surface area contributed by atoms with Crippen molar-refractivity contribution in [3.63, 3.8) is 0 Å². The normalized spacial score (nSPS) is 14.5. The summed E-state index contributed by atoms with van der Waals surface area (Å²) in [5, 5.41) is 5.80. The molecule has 0 unspecified atom stereocenters. The molecule has 4 aromatic rings. The van der Waals surface area contributed by atoms with Crippen molar-refractivity contribution >= 4 is 22.8 Å². The van der Waals surface area contributed by atoms with Crippen LogP contribution in [0, 0.1) is 27.7 Å². The van der Waals surface area contributed by atoms with Crippen LogP contribution in [-0.2, 0) is 0 Å². The second-order valence-corrected chi connectivity index (χ2v) is 9.12. The van der Waals surface area contributed by atoms with E-state index in [1.807, 2.05) is 54.6 Å². The lowest BCUT2D eigenvalue weighted by Gasteiger charge is -2.24. The highest BCUT2D eigenvalue weighted by atomic mass is 16.2. The van der Waals surface area contributed by atoms with Crippen molar-refractivity contribution in [3.8, 4) is 5.69 Å². The largest absolute Gasteiger partial charge is 0.354 e. The highest BCUT2D eigenvalue weighted by Crippen LogP contribution is 2.29. The van der Waals surface area contributed by atoms with Gasteiger partial charge in [0.2, 0.25) is 0 Å². The van der Waals surface area contributed by atoms with E-state index in [1.165, 1.54) is 5.56 Å². The minimum Gasteiger partial charge on any atom is -0.354 e.